The quantitative estimate of drug-likeness (QED) is 0.295. The minimum absolute atomic E-state index is 0.0835. The van der Waals surface area contributed by atoms with Gasteiger partial charge in [0, 0.05) is 12.6 Å². The van der Waals surface area contributed by atoms with Crippen LogP contribution in [-0.4, -0.2) is 42.1 Å². The van der Waals surface area contributed by atoms with E-state index in [2.05, 4.69) is 15.6 Å². The van der Waals surface area contributed by atoms with E-state index in [1.54, 1.807) is 0 Å². The highest BCUT2D eigenvalue weighted by molar-refractivity contribution is 5.85. The molecule has 24 heavy (non-hydrogen) atoms. The fourth-order valence-electron chi connectivity index (χ4n) is 2.41. The molecule has 0 fully saturated rings. The van der Waals surface area contributed by atoms with Crippen molar-refractivity contribution in [3.05, 3.63) is 35.9 Å². The Hall–Kier alpha value is -2.57. The van der Waals surface area contributed by atoms with Crippen LogP contribution in [0.15, 0.2) is 35.3 Å². The molecule has 1 aromatic rings. The van der Waals surface area contributed by atoms with Crippen LogP contribution in [0.25, 0.3) is 0 Å². The zero-order chi connectivity index (χ0) is 17.8. The summed E-state index contributed by atoms with van der Waals surface area (Å²) in [6.45, 7) is 2.47. The van der Waals surface area contributed by atoms with Crippen LogP contribution in [0.3, 0.4) is 0 Å². The average Bonchev–Trinajstić information content (AvgIpc) is 2.54. The summed E-state index contributed by atoms with van der Waals surface area (Å²) in [7, 11) is 0. The second-order valence-corrected chi connectivity index (χ2v) is 5.65. The summed E-state index contributed by atoms with van der Waals surface area (Å²) in [6, 6.07) is 8.97. The number of benzene rings is 1. The molecule has 1 rings (SSSR count). The fourth-order valence-corrected chi connectivity index (χ4v) is 2.41. The van der Waals surface area contributed by atoms with Crippen molar-refractivity contribution < 1.29 is 14.7 Å². The van der Waals surface area contributed by atoms with E-state index in [9.17, 15) is 9.59 Å². The molecule has 0 saturated carbocycles. The fraction of sp³-hybridized carbons (Fsp3) is 0.471. The van der Waals surface area contributed by atoms with E-state index in [0.29, 0.717) is 25.8 Å². The molecule has 0 bridgehead atoms. The molecule has 2 amide bonds. The van der Waals surface area contributed by atoms with Crippen molar-refractivity contribution in [2.24, 2.45) is 10.7 Å². The van der Waals surface area contributed by atoms with Crippen LogP contribution in [-0.2, 0) is 11.2 Å². The molecule has 7 heteroatoms. The number of carboxylic acid groups (broad SMARTS) is 1. The zero-order valence-corrected chi connectivity index (χ0v) is 13.9. The number of amides is 2. The lowest BCUT2D eigenvalue weighted by Gasteiger charge is -2.20. The van der Waals surface area contributed by atoms with Crippen LogP contribution in [0.4, 0.5) is 4.79 Å². The number of hydrogen-bond donors (Lipinski definition) is 4. The first-order valence-electron chi connectivity index (χ1n) is 8.06. The van der Waals surface area contributed by atoms with Crippen molar-refractivity contribution in [3.63, 3.8) is 0 Å². The molecule has 1 aromatic carbocycles. The van der Waals surface area contributed by atoms with Crippen LogP contribution < -0.4 is 16.4 Å². The number of unbranched alkanes of at least 4 members (excludes halogenated alkanes) is 1. The Labute approximate surface area is 142 Å². The number of nitrogens with zero attached hydrogens (tertiary/aromatic N) is 1. The Morgan fingerprint density at radius 1 is 1.25 bits per heavy atom. The molecule has 0 aliphatic carbocycles. The van der Waals surface area contributed by atoms with Crippen molar-refractivity contribution in [2.45, 2.75) is 44.7 Å². The van der Waals surface area contributed by atoms with Gasteiger partial charge >= 0.3 is 6.09 Å². The molecule has 0 aliphatic heterocycles. The van der Waals surface area contributed by atoms with Crippen LogP contribution in [0.2, 0.25) is 0 Å². The van der Waals surface area contributed by atoms with Crippen molar-refractivity contribution in [2.75, 3.05) is 6.54 Å². The summed E-state index contributed by atoms with van der Waals surface area (Å²) in [5.74, 6) is -0.303. The lowest BCUT2D eigenvalue weighted by molar-refractivity contribution is -0.123. The van der Waals surface area contributed by atoms with E-state index in [1.165, 1.54) is 6.34 Å². The number of rotatable bonds is 10. The van der Waals surface area contributed by atoms with Crippen molar-refractivity contribution in [3.8, 4) is 0 Å². The van der Waals surface area contributed by atoms with Gasteiger partial charge < -0.3 is 21.5 Å². The summed E-state index contributed by atoms with van der Waals surface area (Å²) in [5, 5.41) is 14.1. The Kier molecular flexibility index (Phi) is 8.96. The third-order valence-corrected chi connectivity index (χ3v) is 3.52. The van der Waals surface area contributed by atoms with Gasteiger partial charge in [-0.2, -0.15) is 0 Å². The highest BCUT2D eigenvalue weighted by Gasteiger charge is 2.21. The Bertz CT molecular complexity index is 534. The van der Waals surface area contributed by atoms with Gasteiger partial charge in [-0.15, -0.1) is 0 Å². The SMILES string of the molecule is CC(Cc1ccccc1)NC(=O)C(CCCCN=CN)NC(=O)O. The second kappa shape index (κ2) is 11.0. The van der Waals surface area contributed by atoms with Gasteiger partial charge in [-0.1, -0.05) is 30.3 Å². The summed E-state index contributed by atoms with van der Waals surface area (Å²) >= 11 is 0. The van der Waals surface area contributed by atoms with E-state index in [-0.39, 0.29) is 11.9 Å². The number of aliphatic imine (C=N–C) groups is 1. The Balaban J connectivity index is 2.48. The van der Waals surface area contributed by atoms with Crippen molar-refractivity contribution >= 4 is 18.3 Å². The Morgan fingerprint density at radius 2 is 1.96 bits per heavy atom. The summed E-state index contributed by atoms with van der Waals surface area (Å²) < 4.78 is 0. The summed E-state index contributed by atoms with van der Waals surface area (Å²) in [4.78, 5) is 27.1. The van der Waals surface area contributed by atoms with E-state index in [4.69, 9.17) is 10.8 Å². The predicted octanol–water partition coefficient (Wildman–Crippen LogP) is 1.53. The molecule has 7 nitrogen and oxygen atoms in total. The molecule has 5 N–H and O–H groups in total. The molecule has 0 heterocycles. The summed E-state index contributed by atoms with van der Waals surface area (Å²) in [5.41, 5.74) is 6.28. The van der Waals surface area contributed by atoms with Gasteiger partial charge in [0.05, 0.1) is 6.34 Å². The third-order valence-electron chi connectivity index (χ3n) is 3.52. The van der Waals surface area contributed by atoms with Gasteiger partial charge in [-0.25, -0.2) is 4.79 Å². The lowest BCUT2D eigenvalue weighted by atomic mass is 10.1. The number of nitrogens with two attached hydrogens (primary N) is 1. The number of hydrogen-bond acceptors (Lipinski definition) is 3. The lowest BCUT2D eigenvalue weighted by Crippen LogP contribution is -2.49. The molecule has 0 spiro atoms. The van der Waals surface area contributed by atoms with Gasteiger partial charge in [0.25, 0.3) is 0 Å². The van der Waals surface area contributed by atoms with Gasteiger partial charge in [-0.05, 0) is 38.2 Å². The first kappa shape index (κ1) is 19.5. The molecule has 0 aromatic heterocycles. The maximum Gasteiger partial charge on any atom is 0.405 e. The molecule has 132 valence electrons. The van der Waals surface area contributed by atoms with Gasteiger partial charge in [0.1, 0.15) is 6.04 Å². The largest absolute Gasteiger partial charge is 0.465 e. The van der Waals surface area contributed by atoms with E-state index < -0.39 is 12.1 Å². The number of nitrogens with one attached hydrogen (secondary N) is 2. The van der Waals surface area contributed by atoms with Crippen LogP contribution in [0, 0.1) is 0 Å². The first-order chi connectivity index (χ1) is 11.5. The third kappa shape index (κ3) is 8.17. The maximum atomic E-state index is 12.3. The minimum Gasteiger partial charge on any atom is -0.465 e. The van der Waals surface area contributed by atoms with Gasteiger partial charge in [-0.3, -0.25) is 9.79 Å². The minimum atomic E-state index is -1.20. The Morgan fingerprint density at radius 3 is 2.58 bits per heavy atom. The predicted molar refractivity (Wildman–Crippen MR) is 94.1 cm³/mol. The molecule has 0 saturated heterocycles. The number of carbonyl (C=O) groups excluding carboxylic acids is 1. The average molecular weight is 334 g/mol. The van der Waals surface area contributed by atoms with E-state index in [1.807, 2.05) is 37.3 Å². The highest BCUT2D eigenvalue weighted by Crippen LogP contribution is 2.05. The van der Waals surface area contributed by atoms with Crippen LogP contribution in [0.1, 0.15) is 31.7 Å². The van der Waals surface area contributed by atoms with Crippen molar-refractivity contribution in [1.29, 1.82) is 0 Å². The van der Waals surface area contributed by atoms with E-state index in [0.717, 1.165) is 12.0 Å². The summed E-state index contributed by atoms with van der Waals surface area (Å²) in [6.07, 6.45) is 2.59. The zero-order valence-electron chi connectivity index (χ0n) is 13.9. The smallest absolute Gasteiger partial charge is 0.405 e. The highest BCUT2D eigenvalue weighted by atomic mass is 16.4. The molecular weight excluding hydrogens is 308 g/mol. The molecule has 2 atom stereocenters. The molecule has 2 unspecified atom stereocenters. The standard InChI is InChI=1S/C17H26N4O3/c1-13(11-14-7-3-2-4-8-14)20-16(22)15(21-17(23)24)9-5-6-10-19-12-18/h2-4,7-8,12-13,15,21H,5-6,9-11H2,1H3,(H2,18,19)(H,20,22)(H,23,24). The topological polar surface area (TPSA) is 117 Å². The first-order valence-corrected chi connectivity index (χ1v) is 8.06. The normalized spacial score (nSPS) is 13.4. The maximum absolute atomic E-state index is 12.3. The second-order valence-electron chi connectivity index (χ2n) is 5.65. The molecule has 0 aliphatic rings. The number of carbonyl (C=O) groups is 2. The van der Waals surface area contributed by atoms with E-state index >= 15 is 0 Å². The van der Waals surface area contributed by atoms with Crippen LogP contribution >= 0.6 is 0 Å². The van der Waals surface area contributed by atoms with Crippen molar-refractivity contribution in [1.82, 2.24) is 10.6 Å². The van der Waals surface area contributed by atoms with Gasteiger partial charge in [0.15, 0.2) is 0 Å². The van der Waals surface area contributed by atoms with Gasteiger partial charge in [0.2, 0.25) is 5.91 Å². The monoisotopic (exact) mass is 334 g/mol. The molecular formula is C17H26N4O3. The van der Waals surface area contributed by atoms with Crippen LogP contribution in [0.5, 0.6) is 0 Å². The molecule has 0 radical (unpaired) electrons.